The van der Waals surface area contributed by atoms with Gasteiger partial charge in [-0.25, -0.2) is 9.48 Å². The highest BCUT2D eigenvalue weighted by atomic mass is 16.4. The Balaban J connectivity index is 2.62. The van der Waals surface area contributed by atoms with Gasteiger partial charge in [-0.2, -0.15) is 5.10 Å². The zero-order valence-electron chi connectivity index (χ0n) is 7.12. The summed E-state index contributed by atoms with van der Waals surface area (Å²) in [6.45, 7) is -0.424. The second-order valence-corrected chi connectivity index (χ2v) is 2.78. The smallest absolute Gasteiger partial charge is 0.349 e. The predicted molar refractivity (Wildman–Crippen MR) is 47.1 cm³/mol. The molecule has 0 radical (unpaired) electrons. The Bertz CT molecular complexity index is 540. The van der Waals surface area contributed by atoms with Crippen molar-refractivity contribution in [2.45, 2.75) is 6.54 Å². The van der Waals surface area contributed by atoms with Crippen molar-refractivity contribution in [2.75, 3.05) is 0 Å². The van der Waals surface area contributed by atoms with Gasteiger partial charge >= 0.3 is 11.7 Å². The van der Waals surface area contributed by atoms with Crippen LogP contribution in [0.4, 0.5) is 0 Å². The molecule has 0 amide bonds. The average Bonchev–Trinajstić information content (AvgIpc) is 2.57. The molecule has 6 heteroatoms. The number of carboxylic acid groups (broad SMARTS) is 1. The zero-order valence-corrected chi connectivity index (χ0v) is 7.12. The van der Waals surface area contributed by atoms with Crippen LogP contribution < -0.4 is 5.69 Å². The molecule has 0 bridgehead atoms. The van der Waals surface area contributed by atoms with Gasteiger partial charge in [0.05, 0.1) is 11.7 Å². The van der Waals surface area contributed by atoms with Crippen LogP contribution in [0.1, 0.15) is 0 Å². The third-order valence-corrected chi connectivity index (χ3v) is 1.82. The molecule has 0 aromatic carbocycles. The van der Waals surface area contributed by atoms with Crippen molar-refractivity contribution >= 4 is 11.5 Å². The average molecular weight is 193 g/mol. The van der Waals surface area contributed by atoms with E-state index >= 15 is 0 Å². The molecule has 0 saturated heterocycles. The Labute approximate surface area is 78.0 Å². The minimum absolute atomic E-state index is 0.424. The van der Waals surface area contributed by atoms with Crippen LogP contribution in [0.5, 0.6) is 0 Å². The van der Waals surface area contributed by atoms with Gasteiger partial charge in [0.15, 0.2) is 0 Å². The first-order valence-electron chi connectivity index (χ1n) is 3.93. The van der Waals surface area contributed by atoms with Crippen LogP contribution >= 0.6 is 0 Å². The fraction of sp³-hybridized carbons (Fsp3) is 0.125. The van der Waals surface area contributed by atoms with Crippen LogP contribution in [-0.4, -0.2) is 25.3 Å². The summed E-state index contributed by atoms with van der Waals surface area (Å²) >= 11 is 0. The Morgan fingerprint density at radius 3 is 3.07 bits per heavy atom. The van der Waals surface area contributed by atoms with E-state index in [0.717, 1.165) is 4.68 Å². The summed E-state index contributed by atoms with van der Waals surface area (Å²) in [5.74, 6) is -1.09. The topological polar surface area (TPSA) is 76.6 Å². The molecule has 0 atom stereocenters. The Morgan fingerprint density at radius 2 is 2.36 bits per heavy atom. The van der Waals surface area contributed by atoms with Gasteiger partial charge in [-0.05, 0) is 12.1 Å². The minimum Gasteiger partial charge on any atom is -0.480 e. The lowest BCUT2D eigenvalue weighted by molar-refractivity contribution is -0.138. The number of aromatic nitrogens is 3. The van der Waals surface area contributed by atoms with Crippen LogP contribution in [0.25, 0.3) is 5.52 Å². The van der Waals surface area contributed by atoms with Crippen LogP contribution in [0, 0.1) is 0 Å². The van der Waals surface area contributed by atoms with E-state index in [2.05, 4.69) is 5.10 Å². The SMILES string of the molecule is O=C(O)Cn1ncc2cccn2c1=O. The lowest BCUT2D eigenvalue weighted by Gasteiger charge is -2.00. The maximum Gasteiger partial charge on any atom is 0.349 e. The van der Waals surface area contributed by atoms with Gasteiger partial charge in [-0.1, -0.05) is 0 Å². The molecule has 0 aliphatic carbocycles. The van der Waals surface area contributed by atoms with Crippen molar-refractivity contribution in [1.29, 1.82) is 0 Å². The first-order valence-corrected chi connectivity index (χ1v) is 3.93. The minimum atomic E-state index is -1.09. The van der Waals surface area contributed by atoms with E-state index in [-0.39, 0.29) is 0 Å². The molecule has 1 N–H and O–H groups in total. The van der Waals surface area contributed by atoms with Crippen LogP contribution in [0.3, 0.4) is 0 Å². The summed E-state index contributed by atoms with van der Waals surface area (Å²) in [7, 11) is 0. The molecule has 6 nitrogen and oxygen atoms in total. The van der Waals surface area contributed by atoms with Crippen molar-refractivity contribution in [3.05, 3.63) is 35.0 Å². The van der Waals surface area contributed by atoms with Gasteiger partial charge < -0.3 is 5.11 Å². The normalized spacial score (nSPS) is 10.6. The van der Waals surface area contributed by atoms with Crippen molar-refractivity contribution in [1.82, 2.24) is 14.2 Å². The number of hydrogen-bond donors (Lipinski definition) is 1. The molecule has 0 aliphatic rings. The number of rotatable bonds is 2. The second-order valence-electron chi connectivity index (χ2n) is 2.78. The van der Waals surface area contributed by atoms with E-state index in [1.165, 1.54) is 10.6 Å². The third kappa shape index (κ3) is 1.26. The molecule has 72 valence electrons. The molecule has 14 heavy (non-hydrogen) atoms. The van der Waals surface area contributed by atoms with E-state index in [1.807, 2.05) is 0 Å². The predicted octanol–water partition coefficient (Wildman–Crippen LogP) is -0.419. The lowest BCUT2D eigenvalue weighted by atomic mass is 10.5. The number of hydrogen-bond acceptors (Lipinski definition) is 3. The monoisotopic (exact) mass is 193 g/mol. The molecule has 0 aliphatic heterocycles. The molecular formula is C8H7N3O3. The van der Waals surface area contributed by atoms with Gasteiger partial charge in [0, 0.05) is 6.20 Å². The number of aliphatic carboxylic acids is 1. The summed E-state index contributed by atoms with van der Waals surface area (Å²) < 4.78 is 2.24. The van der Waals surface area contributed by atoms with Crippen molar-refractivity contribution in [3.8, 4) is 0 Å². The van der Waals surface area contributed by atoms with Gasteiger partial charge in [0.2, 0.25) is 0 Å². The highest BCUT2D eigenvalue weighted by molar-refractivity contribution is 5.66. The maximum absolute atomic E-state index is 11.5. The van der Waals surface area contributed by atoms with E-state index < -0.39 is 18.2 Å². The van der Waals surface area contributed by atoms with Crippen LogP contribution in [0.15, 0.2) is 29.3 Å². The van der Waals surface area contributed by atoms with Crippen LogP contribution in [-0.2, 0) is 11.3 Å². The number of carbonyl (C=O) groups is 1. The largest absolute Gasteiger partial charge is 0.480 e. The van der Waals surface area contributed by atoms with E-state index in [9.17, 15) is 9.59 Å². The van der Waals surface area contributed by atoms with E-state index in [4.69, 9.17) is 5.11 Å². The summed E-state index contributed by atoms with van der Waals surface area (Å²) in [5, 5.41) is 12.2. The van der Waals surface area contributed by atoms with Gasteiger partial charge in [0.25, 0.3) is 0 Å². The maximum atomic E-state index is 11.5. The quantitative estimate of drug-likeness (QED) is 0.702. The zero-order chi connectivity index (χ0) is 10.1. The molecule has 2 heterocycles. The molecule has 2 aromatic rings. The number of fused-ring (bicyclic) bond motifs is 1. The van der Waals surface area contributed by atoms with E-state index in [1.54, 1.807) is 18.3 Å². The first kappa shape index (κ1) is 8.49. The summed E-state index contributed by atoms with van der Waals surface area (Å²) in [6.07, 6.45) is 3.02. The van der Waals surface area contributed by atoms with Crippen LogP contribution in [0.2, 0.25) is 0 Å². The lowest BCUT2D eigenvalue weighted by Crippen LogP contribution is -2.30. The summed E-state index contributed by atoms with van der Waals surface area (Å²) in [6, 6.07) is 3.42. The van der Waals surface area contributed by atoms with Crippen molar-refractivity contribution < 1.29 is 9.90 Å². The molecule has 0 fully saturated rings. The van der Waals surface area contributed by atoms with E-state index in [0.29, 0.717) is 5.52 Å². The third-order valence-electron chi connectivity index (χ3n) is 1.82. The van der Waals surface area contributed by atoms with Gasteiger partial charge in [-0.3, -0.25) is 9.20 Å². The fourth-order valence-corrected chi connectivity index (χ4v) is 1.21. The highest BCUT2D eigenvalue weighted by Crippen LogP contribution is 1.96. The Hall–Kier alpha value is -2.11. The standard InChI is InChI=1S/C8H7N3O3/c12-7(13)5-11-8(14)10-3-1-2-6(10)4-9-11/h1-4H,5H2,(H,12,13). The molecule has 2 rings (SSSR count). The fourth-order valence-electron chi connectivity index (χ4n) is 1.21. The van der Waals surface area contributed by atoms with Crippen molar-refractivity contribution in [2.24, 2.45) is 0 Å². The molecule has 2 aromatic heterocycles. The molecule has 0 spiro atoms. The first-order chi connectivity index (χ1) is 6.68. The molecule has 0 saturated carbocycles. The molecule has 0 unspecified atom stereocenters. The number of nitrogens with zero attached hydrogens (tertiary/aromatic N) is 3. The Kier molecular flexibility index (Phi) is 1.81. The van der Waals surface area contributed by atoms with Gasteiger partial charge in [-0.15, -0.1) is 0 Å². The second kappa shape index (κ2) is 2.99. The highest BCUT2D eigenvalue weighted by Gasteiger charge is 2.05. The Morgan fingerprint density at radius 1 is 1.57 bits per heavy atom. The number of carboxylic acids is 1. The summed E-state index contributed by atoms with van der Waals surface area (Å²) in [4.78, 5) is 21.9. The van der Waals surface area contributed by atoms with Crippen molar-refractivity contribution in [3.63, 3.8) is 0 Å². The molecular weight excluding hydrogens is 186 g/mol. The van der Waals surface area contributed by atoms with Gasteiger partial charge in [0.1, 0.15) is 6.54 Å². The summed E-state index contributed by atoms with van der Waals surface area (Å²) in [5.41, 5.74) is 0.200.